The summed E-state index contributed by atoms with van der Waals surface area (Å²) in [6.45, 7) is 1.66. The minimum atomic E-state index is -0.625. The zero-order valence-electron chi connectivity index (χ0n) is 12.5. The van der Waals surface area contributed by atoms with E-state index >= 15 is 0 Å². The molecule has 23 heavy (non-hydrogen) atoms. The molecule has 0 aliphatic heterocycles. The van der Waals surface area contributed by atoms with E-state index in [4.69, 9.17) is 9.47 Å². The zero-order chi connectivity index (χ0) is 17.0. The number of nitro groups is 1. The molecule has 1 atom stereocenters. The van der Waals surface area contributed by atoms with Crippen LogP contribution in [0.1, 0.15) is 28.9 Å². The first kappa shape index (κ1) is 17.0. The second-order valence-electron chi connectivity index (χ2n) is 4.75. The number of esters is 1. The van der Waals surface area contributed by atoms with Gasteiger partial charge in [-0.15, -0.1) is 0 Å². The summed E-state index contributed by atoms with van der Waals surface area (Å²) in [6, 6.07) is 11.0. The van der Waals surface area contributed by atoms with Crippen molar-refractivity contribution < 1.29 is 19.2 Å². The van der Waals surface area contributed by atoms with Crippen molar-refractivity contribution in [3.05, 3.63) is 68.2 Å². The number of rotatable bonds is 5. The minimum Gasteiger partial charge on any atom is -0.497 e. The van der Waals surface area contributed by atoms with Gasteiger partial charge in [0.25, 0.3) is 5.69 Å². The number of carbonyl (C=O) groups is 1. The predicted octanol–water partition coefficient (Wildman–Crippen LogP) is 4.28. The normalized spacial score (nSPS) is 11.6. The number of nitrogens with zero attached hydrogens (tertiary/aromatic N) is 1. The van der Waals surface area contributed by atoms with Crippen LogP contribution in [0.15, 0.2) is 46.9 Å². The molecule has 6 nitrogen and oxygen atoms in total. The Morgan fingerprint density at radius 2 is 2.00 bits per heavy atom. The van der Waals surface area contributed by atoms with E-state index in [1.54, 1.807) is 37.3 Å². The highest BCUT2D eigenvalue weighted by Crippen LogP contribution is 2.27. The van der Waals surface area contributed by atoms with Gasteiger partial charge >= 0.3 is 5.97 Å². The maximum Gasteiger partial charge on any atom is 0.340 e. The maximum atomic E-state index is 12.3. The van der Waals surface area contributed by atoms with E-state index < -0.39 is 17.0 Å². The Morgan fingerprint density at radius 1 is 1.26 bits per heavy atom. The number of methoxy groups -OCH3 is 1. The molecule has 0 saturated heterocycles. The molecular formula is C16H14BrNO5. The quantitative estimate of drug-likeness (QED) is 0.439. The van der Waals surface area contributed by atoms with Crippen LogP contribution in [0.4, 0.5) is 5.69 Å². The Labute approximate surface area is 141 Å². The number of hydrogen-bond acceptors (Lipinski definition) is 5. The first-order chi connectivity index (χ1) is 10.9. The Hall–Kier alpha value is -2.41. The average molecular weight is 380 g/mol. The fraction of sp³-hybridized carbons (Fsp3) is 0.188. The molecule has 0 fully saturated rings. The highest BCUT2D eigenvalue weighted by molar-refractivity contribution is 9.10. The fourth-order valence-electron chi connectivity index (χ4n) is 1.97. The third kappa shape index (κ3) is 4.07. The van der Waals surface area contributed by atoms with Crippen molar-refractivity contribution in [3.8, 4) is 5.75 Å². The number of halogens is 1. The van der Waals surface area contributed by atoms with Crippen LogP contribution in [-0.2, 0) is 4.74 Å². The molecule has 0 bridgehead atoms. The number of ether oxygens (including phenoxy) is 2. The number of carbonyl (C=O) groups excluding carboxylic acids is 1. The van der Waals surface area contributed by atoms with Crippen LogP contribution < -0.4 is 4.74 Å². The van der Waals surface area contributed by atoms with Gasteiger partial charge in [-0.05, 0) is 46.6 Å². The second-order valence-corrected chi connectivity index (χ2v) is 5.60. The van der Waals surface area contributed by atoms with Crippen molar-refractivity contribution >= 4 is 27.6 Å². The summed E-state index contributed by atoms with van der Waals surface area (Å²) in [5, 5.41) is 10.8. The Morgan fingerprint density at radius 3 is 2.65 bits per heavy atom. The van der Waals surface area contributed by atoms with Gasteiger partial charge in [0.05, 0.1) is 17.6 Å². The maximum absolute atomic E-state index is 12.3. The second kappa shape index (κ2) is 7.23. The highest BCUT2D eigenvalue weighted by atomic mass is 79.9. The van der Waals surface area contributed by atoms with Crippen LogP contribution >= 0.6 is 15.9 Å². The monoisotopic (exact) mass is 379 g/mol. The lowest BCUT2D eigenvalue weighted by Crippen LogP contribution is -2.10. The molecule has 2 rings (SSSR count). The summed E-state index contributed by atoms with van der Waals surface area (Å²) in [5.74, 6) is -0.0158. The molecule has 0 heterocycles. The van der Waals surface area contributed by atoms with Gasteiger partial charge in [0.2, 0.25) is 0 Å². The van der Waals surface area contributed by atoms with Crippen molar-refractivity contribution in [2.24, 2.45) is 0 Å². The largest absolute Gasteiger partial charge is 0.497 e. The van der Waals surface area contributed by atoms with Crippen molar-refractivity contribution in [3.63, 3.8) is 0 Å². The lowest BCUT2D eigenvalue weighted by atomic mass is 10.1. The lowest BCUT2D eigenvalue weighted by molar-refractivity contribution is -0.385. The topological polar surface area (TPSA) is 78.7 Å². The van der Waals surface area contributed by atoms with Crippen LogP contribution in [0.3, 0.4) is 0 Å². The Bertz CT molecular complexity index is 747. The molecule has 0 spiro atoms. The number of hydrogen-bond donors (Lipinski definition) is 0. The van der Waals surface area contributed by atoms with Gasteiger partial charge in [-0.1, -0.05) is 12.1 Å². The zero-order valence-corrected chi connectivity index (χ0v) is 14.1. The summed E-state index contributed by atoms with van der Waals surface area (Å²) >= 11 is 3.29. The number of nitro benzene ring substituents is 1. The van der Waals surface area contributed by atoms with Gasteiger partial charge in [-0.2, -0.15) is 0 Å². The van der Waals surface area contributed by atoms with Crippen LogP contribution in [-0.4, -0.2) is 18.0 Å². The van der Waals surface area contributed by atoms with Crippen molar-refractivity contribution in [1.82, 2.24) is 0 Å². The van der Waals surface area contributed by atoms with Gasteiger partial charge in [-0.3, -0.25) is 10.1 Å². The highest BCUT2D eigenvalue weighted by Gasteiger charge is 2.18. The third-order valence-corrected chi connectivity index (χ3v) is 3.92. The molecule has 2 aromatic carbocycles. The van der Waals surface area contributed by atoms with E-state index in [0.717, 1.165) is 0 Å². The first-order valence-electron chi connectivity index (χ1n) is 6.71. The lowest BCUT2D eigenvalue weighted by Gasteiger charge is -2.14. The van der Waals surface area contributed by atoms with Gasteiger partial charge in [-0.25, -0.2) is 4.79 Å². The standard InChI is InChI=1S/C16H14BrNO5/c1-10(11-4-3-5-12(8-11)18(20)21)23-16(19)14-9-13(22-2)6-7-15(14)17/h3-10H,1-2H3. The predicted molar refractivity (Wildman–Crippen MR) is 87.6 cm³/mol. The van der Waals surface area contributed by atoms with Gasteiger partial charge in [0, 0.05) is 16.6 Å². The summed E-state index contributed by atoms with van der Waals surface area (Å²) in [4.78, 5) is 22.6. The van der Waals surface area contributed by atoms with Crippen LogP contribution in [0, 0.1) is 10.1 Å². The van der Waals surface area contributed by atoms with Gasteiger partial charge in [0.15, 0.2) is 0 Å². The van der Waals surface area contributed by atoms with Gasteiger partial charge in [0.1, 0.15) is 11.9 Å². The summed E-state index contributed by atoms with van der Waals surface area (Å²) in [6.07, 6.45) is -0.625. The van der Waals surface area contributed by atoms with Gasteiger partial charge < -0.3 is 9.47 Å². The van der Waals surface area contributed by atoms with Crippen molar-refractivity contribution in [2.75, 3.05) is 7.11 Å². The molecule has 120 valence electrons. The number of benzene rings is 2. The molecule has 1 unspecified atom stereocenters. The van der Waals surface area contributed by atoms with Crippen molar-refractivity contribution in [2.45, 2.75) is 13.0 Å². The van der Waals surface area contributed by atoms with E-state index in [-0.39, 0.29) is 5.69 Å². The molecular weight excluding hydrogens is 366 g/mol. The average Bonchev–Trinajstić information content (AvgIpc) is 2.55. The SMILES string of the molecule is COc1ccc(Br)c(C(=O)OC(C)c2cccc([N+](=O)[O-])c2)c1. The molecule has 2 aromatic rings. The van der Waals surface area contributed by atoms with Crippen molar-refractivity contribution in [1.29, 1.82) is 0 Å². The molecule has 7 heteroatoms. The van der Waals surface area contributed by atoms with Crippen LogP contribution in [0.2, 0.25) is 0 Å². The first-order valence-corrected chi connectivity index (χ1v) is 7.50. The van der Waals surface area contributed by atoms with Crippen LogP contribution in [0.25, 0.3) is 0 Å². The van der Waals surface area contributed by atoms with E-state index in [1.165, 1.54) is 19.2 Å². The molecule has 0 saturated carbocycles. The summed E-state index contributed by atoms with van der Waals surface area (Å²) < 4.78 is 11.1. The van der Waals surface area contributed by atoms with E-state index in [1.807, 2.05) is 0 Å². The molecule has 0 aromatic heterocycles. The Balaban J connectivity index is 2.20. The minimum absolute atomic E-state index is 0.0482. The Kier molecular flexibility index (Phi) is 5.33. The number of non-ortho nitro benzene ring substituents is 1. The smallest absolute Gasteiger partial charge is 0.340 e. The van der Waals surface area contributed by atoms with E-state index in [9.17, 15) is 14.9 Å². The van der Waals surface area contributed by atoms with Crippen LogP contribution in [0.5, 0.6) is 5.75 Å². The van der Waals surface area contributed by atoms with E-state index in [0.29, 0.717) is 21.3 Å². The summed E-state index contributed by atoms with van der Waals surface area (Å²) in [7, 11) is 1.50. The molecule has 0 aliphatic rings. The molecule has 0 aliphatic carbocycles. The third-order valence-electron chi connectivity index (χ3n) is 3.23. The summed E-state index contributed by atoms with van der Waals surface area (Å²) in [5.41, 5.74) is 0.821. The molecule has 0 amide bonds. The molecule has 0 radical (unpaired) electrons. The fourth-order valence-corrected chi connectivity index (χ4v) is 2.38. The van der Waals surface area contributed by atoms with E-state index in [2.05, 4.69) is 15.9 Å². The molecule has 0 N–H and O–H groups in total.